The van der Waals surface area contributed by atoms with Crippen molar-refractivity contribution in [2.75, 3.05) is 13.7 Å². The van der Waals surface area contributed by atoms with Gasteiger partial charge in [-0.15, -0.1) is 0 Å². The molecular formula is C21H23N3O3. The Kier molecular flexibility index (Phi) is 5.86. The van der Waals surface area contributed by atoms with Crippen molar-refractivity contribution in [3.63, 3.8) is 0 Å². The average molecular weight is 365 g/mol. The molecule has 0 aliphatic heterocycles. The number of nitrogens with one attached hydrogen (secondary N) is 1. The molecule has 1 amide bonds. The summed E-state index contributed by atoms with van der Waals surface area (Å²) in [6.07, 6.45) is 1.38. The molecule has 3 aromatic rings. The molecule has 0 atom stereocenters. The first-order valence-corrected chi connectivity index (χ1v) is 8.94. The van der Waals surface area contributed by atoms with Crippen LogP contribution >= 0.6 is 0 Å². The van der Waals surface area contributed by atoms with Gasteiger partial charge in [0, 0.05) is 18.5 Å². The van der Waals surface area contributed by atoms with Gasteiger partial charge in [0.25, 0.3) is 5.91 Å². The maximum atomic E-state index is 12.2. The summed E-state index contributed by atoms with van der Waals surface area (Å²) in [5.74, 6) is 0.417. The summed E-state index contributed by atoms with van der Waals surface area (Å²) in [4.78, 5) is 28.6. The molecule has 27 heavy (non-hydrogen) atoms. The van der Waals surface area contributed by atoms with Crippen LogP contribution in [0.5, 0.6) is 0 Å². The van der Waals surface area contributed by atoms with Gasteiger partial charge in [-0.3, -0.25) is 9.59 Å². The third-order valence-electron chi connectivity index (χ3n) is 4.39. The molecule has 1 N–H and O–H groups in total. The van der Waals surface area contributed by atoms with Crippen molar-refractivity contribution in [3.05, 3.63) is 65.5 Å². The van der Waals surface area contributed by atoms with E-state index in [1.165, 1.54) is 7.11 Å². The number of methoxy groups -OCH3 is 1. The molecule has 0 bridgehead atoms. The van der Waals surface area contributed by atoms with Crippen molar-refractivity contribution < 1.29 is 14.3 Å². The first-order chi connectivity index (χ1) is 13.1. The highest BCUT2D eigenvalue weighted by Gasteiger charge is 2.13. The van der Waals surface area contributed by atoms with Crippen LogP contribution in [0.2, 0.25) is 0 Å². The largest absolute Gasteiger partial charge is 0.468 e. The van der Waals surface area contributed by atoms with Crippen molar-refractivity contribution in [1.82, 2.24) is 14.9 Å². The topological polar surface area (TPSA) is 73.2 Å². The molecule has 6 nitrogen and oxygen atoms in total. The van der Waals surface area contributed by atoms with E-state index in [9.17, 15) is 9.59 Å². The van der Waals surface area contributed by atoms with E-state index >= 15 is 0 Å². The minimum atomic E-state index is -0.313. The van der Waals surface area contributed by atoms with E-state index in [0.717, 1.165) is 28.8 Å². The molecule has 0 aliphatic rings. The van der Waals surface area contributed by atoms with Crippen LogP contribution in [-0.4, -0.2) is 35.1 Å². The smallest absolute Gasteiger partial charge is 0.325 e. The minimum absolute atomic E-state index is 0.0817. The molecule has 0 saturated heterocycles. The highest BCUT2D eigenvalue weighted by Crippen LogP contribution is 2.17. The normalized spacial score (nSPS) is 10.7. The maximum absolute atomic E-state index is 12.2. The van der Waals surface area contributed by atoms with Crippen LogP contribution < -0.4 is 5.32 Å². The third kappa shape index (κ3) is 4.53. The fourth-order valence-corrected chi connectivity index (χ4v) is 3.02. The monoisotopic (exact) mass is 365 g/mol. The highest BCUT2D eigenvalue weighted by atomic mass is 16.5. The molecule has 1 heterocycles. The zero-order valence-electron chi connectivity index (χ0n) is 15.6. The summed E-state index contributed by atoms with van der Waals surface area (Å²) >= 11 is 0. The van der Waals surface area contributed by atoms with Crippen LogP contribution in [0.15, 0.2) is 48.5 Å². The van der Waals surface area contributed by atoms with E-state index in [4.69, 9.17) is 4.74 Å². The fraction of sp³-hybridized carbons (Fsp3) is 0.286. The number of hydrogen-bond acceptors (Lipinski definition) is 4. The quantitative estimate of drug-likeness (QED) is 0.516. The lowest BCUT2D eigenvalue weighted by atomic mass is 10.1. The van der Waals surface area contributed by atoms with Gasteiger partial charge in [0.05, 0.1) is 18.1 Å². The highest BCUT2D eigenvalue weighted by molar-refractivity contribution is 5.94. The van der Waals surface area contributed by atoms with Crippen molar-refractivity contribution in [1.29, 1.82) is 0 Å². The maximum Gasteiger partial charge on any atom is 0.325 e. The molecule has 1 aromatic heterocycles. The number of nitrogens with zero attached hydrogens (tertiary/aromatic N) is 2. The van der Waals surface area contributed by atoms with E-state index < -0.39 is 0 Å². The number of para-hydroxylation sites is 2. The molecule has 0 fully saturated rings. The molecular weight excluding hydrogens is 342 g/mol. The summed E-state index contributed by atoms with van der Waals surface area (Å²) in [5.41, 5.74) is 3.47. The Labute approximate surface area is 158 Å². The van der Waals surface area contributed by atoms with E-state index in [2.05, 4.69) is 10.3 Å². The van der Waals surface area contributed by atoms with Crippen LogP contribution in [0, 0.1) is 6.92 Å². The number of benzene rings is 2. The third-order valence-corrected chi connectivity index (χ3v) is 4.39. The number of aryl methyl sites for hydroxylation is 2. The first-order valence-electron chi connectivity index (χ1n) is 8.94. The Morgan fingerprint density at radius 2 is 1.96 bits per heavy atom. The van der Waals surface area contributed by atoms with Crippen LogP contribution in [-0.2, 0) is 22.5 Å². The van der Waals surface area contributed by atoms with Gasteiger partial charge in [-0.05, 0) is 37.6 Å². The van der Waals surface area contributed by atoms with Crippen molar-refractivity contribution in [2.45, 2.75) is 26.3 Å². The summed E-state index contributed by atoms with van der Waals surface area (Å²) in [5, 5.41) is 2.93. The first kappa shape index (κ1) is 18.6. The predicted molar refractivity (Wildman–Crippen MR) is 104 cm³/mol. The molecule has 0 radical (unpaired) electrons. The minimum Gasteiger partial charge on any atom is -0.468 e. The second-order valence-corrected chi connectivity index (χ2v) is 6.41. The van der Waals surface area contributed by atoms with Gasteiger partial charge in [0.1, 0.15) is 12.4 Å². The van der Waals surface area contributed by atoms with Crippen molar-refractivity contribution in [2.24, 2.45) is 0 Å². The molecule has 0 unspecified atom stereocenters. The van der Waals surface area contributed by atoms with Crippen LogP contribution in [0.3, 0.4) is 0 Å². The second kappa shape index (κ2) is 8.49. The van der Waals surface area contributed by atoms with Crippen molar-refractivity contribution in [3.8, 4) is 0 Å². The number of esters is 1. The zero-order chi connectivity index (χ0) is 19.2. The number of amides is 1. The Balaban J connectivity index is 1.63. The standard InChI is InChI=1S/C21H23N3O3/c1-15-7-5-8-16(13-15)21(26)22-12-6-11-19-23-17-9-3-4-10-18(17)24(19)14-20(25)27-2/h3-5,7-10,13H,6,11-12,14H2,1-2H3,(H,22,26). The second-order valence-electron chi connectivity index (χ2n) is 6.41. The molecule has 2 aromatic carbocycles. The fourth-order valence-electron chi connectivity index (χ4n) is 3.02. The van der Waals surface area contributed by atoms with Gasteiger partial charge in [-0.1, -0.05) is 29.8 Å². The summed E-state index contributed by atoms with van der Waals surface area (Å²) < 4.78 is 6.68. The Bertz CT molecular complexity index is 962. The molecule has 140 valence electrons. The van der Waals surface area contributed by atoms with E-state index in [-0.39, 0.29) is 18.4 Å². The zero-order valence-corrected chi connectivity index (χ0v) is 15.6. The summed E-state index contributed by atoms with van der Waals surface area (Å²) in [6, 6.07) is 15.2. The van der Waals surface area contributed by atoms with Crippen molar-refractivity contribution >= 4 is 22.9 Å². The van der Waals surface area contributed by atoms with Gasteiger partial charge in [-0.2, -0.15) is 0 Å². The van der Waals surface area contributed by atoms with Crippen LogP contribution in [0.1, 0.15) is 28.2 Å². The van der Waals surface area contributed by atoms with Gasteiger partial charge in [0.2, 0.25) is 0 Å². The number of hydrogen-bond donors (Lipinski definition) is 1. The molecule has 0 aliphatic carbocycles. The number of fused-ring (bicyclic) bond motifs is 1. The lowest BCUT2D eigenvalue weighted by molar-refractivity contribution is -0.141. The molecule has 0 saturated carbocycles. The lowest BCUT2D eigenvalue weighted by Gasteiger charge is -2.09. The number of aromatic nitrogens is 2. The molecule has 3 rings (SSSR count). The van der Waals surface area contributed by atoms with Gasteiger partial charge < -0.3 is 14.6 Å². The SMILES string of the molecule is COC(=O)Cn1c(CCCNC(=O)c2cccc(C)c2)nc2ccccc21. The van der Waals surface area contributed by atoms with Gasteiger partial charge in [-0.25, -0.2) is 4.98 Å². The Hall–Kier alpha value is -3.15. The van der Waals surface area contributed by atoms with Crippen LogP contribution in [0.25, 0.3) is 11.0 Å². The predicted octanol–water partition coefficient (Wildman–Crippen LogP) is 2.88. The average Bonchev–Trinajstić information content (AvgIpc) is 3.02. The summed E-state index contributed by atoms with van der Waals surface area (Å²) in [6.45, 7) is 2.62. The van der Waals surface area contributed by atoms with E-state index in [0.29, 0.717) is 18.5 Å². The van der Waals surface area contributed by atoms with Gasteiger partial charge in [0.15, 0.2) is 0 Å². The Morgan fingerprint density at radius 3 is 2.74 bits per heavy atom. The number of rotatable bonds is 7. The molecule has 0 spiro atoms. The number of carbonyl (C=O) groups excluding carboxylic acids is 2. The number of imidazole rings is 1. The summed E-state index contributed by atoms with van der Waals surface area (Å²) in [7, 11) is 1.38. The molecule has 6 heteroatoms. The number of ether oxygens (including phenoxy) is 1. The van der Waals surface area contributed by atoms with Crippen LogP contribution in [0.4, 0.5) is 0 Å². The van der Waals surface area contributed by atoms with E-state index in [1.54, 1.807) is 6.07 Å². The van der Waals surface area contributed by atoms with E-state index in [1.807, 2.05) is 54.0 Å². The number of carbonyl (C=O) groups is 2. The lowest BCUT2D eigenvalue weighted by Crippen LogP contribution is -2.25. The Morgan fingerprint density at radius 1 is 1.15 bits per heavy atom. The van der Waals surface area contributed by atoms with Gasteiger partial charge >= 0.3 is 5.97 Å².